The molecule has 10 heteroatoms. The van der Waals surface area contributed by atoms with Crippen molar-refractivity contribution in [3.63, 3.8) is 0 Å². The predicted molar refractivity (Wildman–Crippen MR) is 132 cm³/mol. The highest BCUT2D eigenvalue weighted by Crippen LogP contribution is 2.27. The summed E-state index contributed by atoms with van der Waals surface area (Å²) in [5.41, 5.74) is 8.28. The molecule has 0 spiro atoms. The molecule has 1 aliphatic heterocycles. The van der Waals surface area contributed by atoms with Crippen molar-refractivity contribution in [2.45, 2.75) is 38.1 Å². The molecule has 34 heavy (non-hydrogen) atoms. The van der Waals surface area contributed by atoms with Gasteiger partial charge in [-0.05, 0) is 55.8 Å². The van der Waals surface area contributed by atoms with Crippen LogP contribution in [0.4, 0.5) is 0 Å². The Morgan fingerprint density at radius 3 is 2.91 bits per heavy atom. The van der Waals surface area contributed by atoms with Crippen molar-refractivity contribution in [2.75, 3.05) is 19.6 Å². The maximum Gasteiger partial charge on any atom is 0.251 e. The fourth-order valence-corrected chi connectivity index (χ4v) is 5.03. The molecule has 5 heterocycles. The van der Waals surface area contributed by atoms with Gasteiger partial charge in [-0.2, -0.15) is 0 Å². The summed E-state index contributed by atoms with van der Waals surface area (Å²) in [6.07, 6.45) is 11.3. The Kier molecular flexibility index (Phi) is 6.89. The number of nitrogens with zero attached hydrogens (tertiary/aromatic N) is 6. The highest BCUT2D eigenvalue weighted by molar-refractivity contribution is 7.13. The van der Waals surface area contributed by atoms with Crippen LogP contribution in [0.1, 0.15) is 42.3 Å². The molecule has 4 aromatic rings. The van der Waals surface area contributed by atoms with Crippen LogP contribution in [0.15, 0.2) is 53.3 Å². The minimum atomic E-state index is -0.0988. The topological polar surface area (TPSA) is 119 Å². The van der Waals surface area contributed by atoms with Gasteiger partial charge in [0, 0.05) is 43.7 Å². The summed E-state index contributed by atoms with van der Waals surface area (Å²) in [7, 11) is 0. The number of imidazole rings is 1. The summed E-state index contributed by atoms with van der Waals surface area (Å²) in [6, 6.07) is 5.55. The van der Waals surface area contributed by atoms with Gasteiger partial charge in [-0.1, -0.05) is 6.07 Å². The Labute approximate surface area is 201 Å². The Hall–Kier alpha value is -3.21. The van der Waals surface area contributed by atoms with Crippen LogP contribution in [0, 0.1) is 0 Å². The number of hydrogen-bond acceptors (Lipinski definition) is 8. The number of aromatic amines is 1. The summed E-state index contributed by atoms with van der Waals surface area (Å²) in [6.45, 7) is 3.21. The van der Waals surface area contributed by atoms with Crippen LogP contribution in [0.2, 0.25) is 0 Å². The van der Waals surface area contributed by atoms with E-state index in [0.717, 1.165) is 73.0 Å². The van der Waals surface area contributed by atoms with Gasteiger partial charge in [0.15, 0.2) is 0 Å². The molecular formula is C24H28N8OS. The van der Waals surface area contributed by atoms with E-state index in [-0.39, 0.29) is 11.5 Å². The number of thiophene rings is 1. The van der Waals surface area contributed by atoms with Crippen molar-refractivity contribution in [3.8, 4) is 16.5 Å². The van der Waals surface area contributed by atoms with E-state index in [4.69, 9.17) is 10.7 Å². The highest BCUT2D eigenvalue weighted by Gasteiger charge is 2.24. The van der Waals surface area contributed by atoms with Crippen LogP contribution in [-0.4, -0.2) is 54.0 Å². The van der Waals surface area contributed by atoms with E-state index in [0.29, 0.717) is 12.5 Å². The molecule has 0 bridgehead atoms. The first kappa shape index (κ1) is 22.6. The van der Waals surface area contributed by atoms with Crippen LogP contribution in [0.3, 0.4) is 0 Å². The quantitative estimate of drug-likeness (QED) is 0.401. The summed E-state index contributed by atoms with van der Waals surface area (Å²) in [5, 5.41) is 2.00. The van der Waals surface area contributed by atoms with Crippen LogP contribution >= 0.6 is 11.3 Å². The van der Waals surface area contributed by atoms with Crippen LogP contribution in [-0.2, 0) is 13.0 Å². The number of aryl methyl sites for hydroxylation is 1. The Morgan fingerprint density at radius 1 is 1.24 bits per heavy atom. The Balaban J connectivity index is 1.25. The number of H-pyrrole nitrogens is 1. The molecule has 4 aromatic heterocycles. The highest BCUT2D eigenvalue weighted by atomic mass is 32.1. The van der Waals surface area contributed by atoms with Crippen LogP contribution < -0.4 is 11.3 Å². The lowest BCUT2D eigenvalue weighted by atomic mass is 9.97. The van der Waals surface area contributed by atoms with Crippen molar-refractivity contribution < 1.29 is 0 Å². The van der Waals surface area contributed by atoms with Crippen molar-refractivity contribution in [1.29, 1.82) is 0 Å². The van der Waals surface area contributed by atoms with Gasteiger partial charge in [0.1, 0.15) is 12.2 Å². The zero-order valence-corrected chi connectivity index (χ0v) is 19.7. The maximum atomic E-state index is 12.3. The smallest absolute Gasteiger partial charge is 0.251 e. The molecule has 1 fully saturated rings. The molecule has 0 aromatic carbocycles. The lowest BCUT2D eigenvalue weighted by molar-refractivity contribution is 0.194. The standard InChI is InChI=1S/C24H28N8OS/c25-7-1-4-17-11-26-24(27-12-17)32-15-19(28-16-32)14-31-8-2-5-18(13-31)23-29-20(10-22(33)30-23)21-6-3-9-34-21/h3,6,9-12,15-16,18H,1-2,4-5,7-8,13-14,25H2,(H,29,30,33). The largest absolute Gasteiger partial charge is 0.330 e. The van der Waals surface area contributed by atoms with Crippen LogP contribution in [0.5, 0.6) is 0 Å². The molecule has 176 valence electrons. The molecule has 9 nitrogen and oxygen atoms in total. The number of nitrogens with one attached hydrogen (secondary N) is 1. The van der Waals surface area contributed by atoms with Crippen molar-refractivity contribution in [2.24, 2.45) is 5.73 Å². The third-order valence-electron chi connectivity index (χ3n) is 6.04. The van der Waals surface area contributed by atoms with E-state index in [9.17, 15) is 4.79 Å². The SMILES string of the molecule is NCCCc1cnc(-n2cnc(CN3CCCC(c4nc(-c5cccs5)cc(=O)[nH]4)C3)c2)nc1. The van der Waals surface area contributed by atoms with E-state index < -0.39 is 0 Å². The zero-order valence-electron chi connectivity index (χ0n) is 18.9. The molecule has 0 radical (unpaired) electrons. The van der Waals surface area contributed by atoms with Gasteiger partial charge >= 0.3 is 0 Å². The first-order chi connectivity index (χ1) is 16.7. The fraction of sp³-hybridized carbons (Fsp3) is 0.375. The normalized spacial score (nSPS) is 16.7. The van der Waals surface area contributed by atoms with Gasteiger partial charge in [-0.25, -0.2) is 19.9 Å². The lowest BCUT2D eigenvalue weighted by Crippen LogP contribution is -2.35. The molecule has 1 unspecified atom stereocenters. The molecule has 0 amide bonds. The predicted octanol–water partition coefficient (Wildman–Crippen LogP) is 2.75. The minimum absolute atomic E-state index is 0.0988. The maximum absolute atomic E-state index is 12.3. The monoisotopic (exact) mass is 476 g/mol. The van der Waals surface area contributed by atoms with Gasteiger partial charge in [0.05, 0.1) is 16.3 Å². The Bertz CT molecular complexity index is 1260. The third-order valence-corrected chi connectivity index (χ3v) is 6.93. The lowest BCUT2D eigenvalue weighted by Gasteiger charge is -2.31. The van der Waals surface area contributed by atoms with Gasteiger partial charge < -0.3 is 10.7 Å². The molecule has 5 rings (SSSR count). The van der Waals surface area contributed by atoms with Crippen molar-refractivity contribution >= 4 is 11.3 Å². The number of piperidine rings is 1. The van der Waals surface area contributed by atoms with E-state index in [1.165, 1.54) is 0 Å². The number of likely N-dealkylation sites (tertiary alicyclic amines) is 1. The first-order valence-corrected chi connectivity index (χ1v) is 12.5. The number of nitrogens with two attached hydrogens (primary N) is 1. The first-order valence-electron chi connectivity index (χ1n) is 11.6. The number of aromatic nitrogens is 6. The van der Waals surface area contributed by atoms with Gasteiger partial charge in [-0.3, -0.25) is 14.3 Å². The third kappa shape index (κ3) is 5.30. The summed E-state index contributed by atoms with van der Waals surface area (Å²) in [5.74, 6) is 1.57. The molecule has 0 aliphatic carbocycles. The molecule has 1 aliphatic rings. The molecule has 3 N–H and O–H groups in total. The fourth-order valence-electron chi connectivity index (χ4n) is 4.34. The van der Waals surface area contributed by atoms with E-state index >= 15 is 0 Å². The van der Waals surface area contributed by atoms with Crippen LogP contribution in [0.25, 0.3) is 16.5 Å². The molecule has 1 atom stereocenters. The molecule has 0 saturated carbocycles. The average molecular weight is 477 g/mol. The summed E-state index contributed by atoms with van der Waals surface area (Å²) < 4.78 is 1.85. The van der Waals surface area contributed by atoms with Crippen molar-refractivity contribution in [3.05, 3.63) is 75.9 Å². The van der Waals surface area contributed by atoms with Crippen molar-refractivity contribution in [1.82, 2.24) is 34.4 Å². The van der Waals surface area contributed by atoms with Gasteiger partial charge in [0.25, 0.3) is 5.56 Å². The number of rotatable bonds is 8. The minimum Gasteiger partial charge on any atom is -0.330 e. The number of hydrogen-bond donors (Lipinski definition) is 2. The average Bonchev–Trinajstić information content (AvgIpc) is 3.56. The molecule has 1 saturated heterocycles. The Morgan fingerprint density at radius 2 is 2.12 bits per heavy atom. The second-order valence-electron chi connectivity index (χ2n) is 8.62. The second-order valence-corrected chi connectivity index (χ2v) is 9.57. The van der Waals surface area contributed by atoms with E-state index in [1.54, 1.807) is 23.7 Å². The van der Waals surface area contributed by atoms with Gasteiger partial charge in [0.2, 0.25) is 5.95 Å². The van der Waals surface area contributed by atoms with E-state index in [2.05, 4.69) is 24.8 Å². The molecular weight excluding hydrogens is 448 g/mol. The van der Waals surface area contributed by atoms with Gasteiger partial charge in [-0.15, -0.1) is 11.3 Å². The zero-order chi connectivity index (χ0) is 23.3. The summed E-state index contributed by atoms with van der Waals surface area (Å²) >= 11 is 1.60. The summed E-state index contributed by atoms with van der Waals surface area (Å²) in [4.78, 5) is 37.0. The second kappa shape index (κ2) is 10.4. The van der Waals surface area contributed by atoms with E-state index in [1.807, 2.05) is 40.7 Å².